The Kier molecular flexibility index (Phi) is 6.87. The maximum Gasteiger partial charge on any atom is 0.412 e. The molecule has 0 atom stereocenters. The summed E-state index contributed by atoms with van der Waals surface area (Å²) in [5, 5.41) is 16.6. The van der Waals surface area contributed by atoms with Gasteiger partial charge in [-0.25, -0.2) is 9.59 Å². The maximum atomic E-state index is 12.2. The highest BCUT2D eigenvalue weighted by atomic mass is 35.5. The minimum Gasteiger partial charge on any atom is -0.465 e. The number of anilines is 2. The molecule has 4 N–H and O–H groups in total. The van der Waals surface area contributed by atoms with E-state index >= 15 is 0 Å². The molecule has 0 aliphatic heterocycles. The summed E-state index contributed by atoms with van der Waals surface area (Å²) < 4.78 is 5.68. The standard InChI is InChI=1S/C18H20ClN3O5S/c1-18(2,3)27-17(26)21-11-6-4-5-10(14(11)22-16(24)25)9-20-15(23)12-7-8-13(19)28-12/h4-8,22H,9H2,1-3H3,(H,20,23)(H,21,26)(H,24,25). The zero-order chi connectivity index (χ0) is 20.9. The van der Waals surface area contributed by atoms with Crippen molar-refractivity contribution in [1.82, 2.24) is 5.32 Å². The molecule has 0 aliphatic carbocycles. The van der Waals surface area contributed by atoms with Gasteiger partial charge in [-0.05, 0) is 44.5 Å². The largest absolute Gasteiger partial charge is 0.465 e. The van der Waals surface area contributed by atoms with Crippen molar-refractivity contribution in [3.8, 4) is 0 Å². The lowest BCUT2D eigenvalue weighted by atomic mass is 10.1. The number of carboxylic acid groups (broad SMARTS) is 1. The summed E-state index contributed by atoms with van der Waals surface area (Å²) in [6, 6.07) is 8.00. The van der Waals surface area contributed by atoms with Crippen molar-refractivity contribution in [3.63, 3.8) is 0 Å². The Bertz CT molecular complexity index is 892. The van der Waals surface area contributed by atoms with Crippen LogP contribution in [0.5, 0.6) is 0 Å². The van der Waals surface area contributed by atoms with Gasteiger partial charge in [0.2, 0.25) is 0 Å². The average Bonchev–Trinajstić information content (AvgIpc) is 2.99. The molecule has 0 saturated heterocycles. The summed E-state index contributed by atoms with van der Waals surface area (Å²) in [7, 11) is 0. The zero-order valence-corrected chi connectivity index (χ0v) is 17.0. The van der Waals surface area contributed by atoms with E-state index in [0.717, 1.165) is 11.3 Å². The third kappa shape index (κ3) is 6.43. The number of rotatable bonds is 5. The van der Waals surface area contributed by atoms with Gasteiger partial charge >= 0.3 is 12.2 Å². The molecular weight excluding hydrogens is 406 g/mol. The van der Waals surface area contributed by atoms with Gasteiger partial charge in [0.1, 0.15) is 5.60 Å². The Morgan fingerprint density at radius 1 is 1.14 bits per heavy atom. The van der Waals surface area contributed by atoms with E-state index in [0.29, 0.717) is 14.8 Å². The maximum absolute atomic E-state index is 12.2. The lowest BCUT2D eigenvalue weighted by molar-refractivity contribution is 0.0635. The first kappa shape index (κ1) is 21.5. The van der Waals surface area contributed by atoms with E-state index in [-0.39, 0.29) is 23.8 Å². The Morgan fingerprint density at radius 3 is 2.43 bits per heavy atom. The van der Waals surface area contributed by atoms with Crippen LogP contribution in [0.25, 0.3) is 0 Å². The highest BCUT2D eigenvalue weighted by Crippen LogP contribution is 2.27. The van der Waals surface area contributed by atoms with Crippen molar-refractivity contribution in [1.29, 1.82) is 0 Å². The molecule has 3 amide bonds. The minimum absolute atomic E-state index is 0.0355. The first-order valence-corrected chi connectivity index (χ1v) is 9.40. The van der Waals surface area contributed by atoms with Crippen LogP contribution in [0.3, 0.4) is 0 Å². The van der Waals surface area contributed by atoms with Gasteiger partial charge in [0, 0.05) is 6.54 Å². The number of nitrogens with one attached hydrogen (secondary N) is 3. The van der Waals surface area contributed by atoms with Gasteiger partial charge < -0.3 is 15.2 Å². The molecule has 1 aromatic carbocycles. The van der Waals surface area contributed by atoms with Crippen molar-refractivity contribution in [2.45, 2.75) is 32.9 Å². The molecule has 1 aromatic heterocycles. The molecule has 2 aromatic rings. The van der Waals surface area contributed by atoms with Crippen LogP contribution in [0.4, 0.5) is 21.0 Å². The fourth-order valence-corrected chi connectivity index (χ4v) is 3.18. The molecule has 10 heteroatoms. The van der Waals surface area contributed by atoms with Crippen LogP contribution in [0.1, 0.15) is 36.0 Å². The Labute approximate surface area is 170 Å². The van der Waals surface area contributed by atoms with Gasteiger partial charge in [-0.15, -0.1) is 11.3 Å². The normalized spacial score (nSPS) is 10.9. The van der Waals surface area contributed by atoms with E-state index in [4.69, 9.17) is 21.4 Å². The van der Waals surface area contributed by atoms with Gasteiger partial charge in [0.25, 0.3) is 5.91 Å². The molecule has 0 fully saturated rings. The van der Waals surface area contributed by atoms with Crippen molar-refractivity contribution < 1.29 is 24.2 Å². The molecule has 0 saturated carbocycles. The number of thiophene rings is 1. The van der Waals surface area contributed by atoms with Crippen LogP contribution in [-0.4, -0.2) is 28.8 Å². The molecule has 28 heavy (non-hydrogen) atoms. The first-order valence-electron chi connectivity index (χ1n) is 8.20. The van der Waals surface area contributed by atoms with Crippen LogP contribution in [0.15, 0.2) is 30.3 Å². The van der Waals surface area contributed by atoms with Crippen LogP contribution in [-0.2, 0) is 11.3 Å². The SMILES string of the molecule is CC(C)(C)OC(=O)Nc1cccc(CNC(=O)c2ccc(Cl)s2)c1NC(=O)O. The van der Waals surface area contributed by atoms with E-state index in [1.807, 2.05) is 0 Å². The van der Waals surface area contributed by atoms with Gasteiger partial charge in [-0.1, -0.05) is 23.7 Å². The number of halogens is 1. The number of para-hydroxylation sites is 1. The number of amides is 3. The molecular formula is C18H20ClN3O5S. The van der Waals surface area contributed by atoms with E-state index in [1.54, 1.807) is 45.0 Å². The van der Waals surface area contributed by atoms with Crippen LogP contribution in [0, 0.1) is 0 Å². The summed E-state index contributed by atoms with van der Waals surface area (Å²) in [5.74, 6) is -0.344. The molecule has 0 bridgehead atoms. The lowest BCUT2D eigenvalue weighted by Gasteiger charge is -2.21. The monoisotopic (exact) mass is 425 g/mol. The Hall–Kier alpha value is -2.78. The summed E-state index contributed by atoms with van der Waals surface area (Å²) in [4.78, 5) is 35.9. The van der Waals surface area contributed by atoms with Crippen LogP contribution in [0.2, 0.25) is 4.34 Å². The third-order valence-corrected chi connectivity index (χ3v) is 4.48. The van der Waals surface area contributed by atoms with Crippen molar-refractivity contribution in [2.24, 2.45) is 0 Å². The highest BCUT2D eigenvalue weighted by molar-refractivity contribution is 7.17. The van der Waals surface area contributed by atoms with E-state index in [1.165, 1.54) is 6.07 Å². The van der Waals surface area contributed by atoms with Gasteiger partial charge in [-0.3, -0.25) is 15.4 Å². The number of carbonyl (C=O) groups excluding carboxylic acids is 2. The summed E-state index contributed by atoms with van der Waals surface area (Å²) in [5.41, 5.74) is 0.109. The highest BCUT2D eigenvalue weighted by Gasteiger charge is 2.19. The second kappa shape index (κ2) is 8.94. The first-order chi connectivity index (χ1) is 13.0. The lowest BCUT2D eigenvalue weighted by Crippen LogP contribution is -2.28. The van der Waals surface area contributed by atoms with E-state index in [2.05, 4.69) is 16.0 Å². The fourth-order valence-electron chi connectivity index (χ4n) is 2.22. The Morgan fingerprint density at radius 2 is 1.86 bits per heavy atom. The molecule has 8 nitrogen and oxygen atoms in total. The summed E-state index contributed by atoms with van der Waals surface area (Å²) >= 11 is 6.96. The van der Waals surface area contributed by atoms with Crippen molar-refractivity contribution in [3.05, 3.63) is 45.1 Å². The van der Waals surface area contributed by atoms with Gasteiger partial charge in [-0.2, -0.15) is 0 Å². The van der Waals surface area contributed by atoms with Crippen LogP contribution >= 0.6 is 22.9 Å². The molecule has 150 valence electrons. The number of carbonyl (C=O) groups is 3. The second-order valence-corrected chi connectivity index (χ2v) is 8.40. The third-order valence-electron chi connectivity index (χ3n) is 3.25. The number of ether oxygens (including phenoxy) is 1. The number of hydrogen-bond acceptors (Lipinski definition) is 5. The smallest absolute Gasteiger partial charge is 0.412 e. The zero-order valence-electron chi connectivity index (χ0n) is 15.5. The summed E-state index contributed by atoms with van der Waals surface area (Å²) in [6.07, 6.45) is -2.04. The predicted molar refractivity (Wildman–Crippen MR) is 108 cm³/mol. The van der Waals surface area contributed by atoms with E-state index < -0.39 is 17.8 Å². The predicted octanol–water partition coefficient (Wildman–Crippen LogP) is 4.77. The number of hydrogen-bond donors (Lipinski definition) is 4. The fraction of sp³-hybridized carbons (Fsp3) is 0.278. The molecule has 0 aliphatic rings. The van der Waals surface area contributed by atoms with E-state index in [9.17, 15) is 14.4 Å². The van der Waals surface area contributed by atoms with Crippen LogP contribution < -0.4 is 16.0 Å². The minimum atomic E-state index is -1.31. The molecule has 2 rings (SSSR count). The number of benzene rings is 1. The average molecular weight is 426 g/mol. The summed E-state index contributed by atoms with van der Waals surface area (Å²) in [6.45, 7) is 5.18. The van der Waals surface area contributed by atoms with Gasteiger partial charge in [0.05, 0.1) is 20.6 Å². The van der Waals surface area contributed by atoms with Crippen molar-refractivity contribution in [2.75, 3.05) is 10.6 Å². The molecule has 0 unspecified atom stereocenters. The second-order valence-electron chi connectivity index (χ2n) is 6.68. The topological polar surface area (TPSA) is 117 Å². The van der Waals surface area contributed by atoms with Gasteiger partial charge in [0.15, 0.2) is 0 Å². The van der Waals surface area contributed by atoms with Crippen molar-refractivity contribution >= 4 is 52.4 Å². The quantitative estimate of drug-likeness (QED) is 0.550. The molecule has 0 radical (unpaired) electrons. The molecule has 1 heterocycles. The Balaban J connectivity index is 2.19. The molecule has 0 spiro atoms.